The van der Waals surface area contributed by atoms with Crippen LogP contribution in [0, 0.1) is 5.82 Å². The lowest BCUT2D eigenvalue weighted by molar-refractivity contribution is 0.555. The van der Waals surface area contributed by atoms with E-state index >= 15 is 0 Å². The van der Waals surface area contributed by atoms with Crippen molar-refractivity contribution in [1.82, 2.24) is 24.8 Å². The Morgan fingerprint density at radius 3 is 2.95 bits per heavy atom. The minimum atomic E-state index is -0.488. The predicted molar refractivity (Wildman–Crippen MR) is 71.1 cm³/mol. The summed E-state index contributed by atoms with van der Waals surface area (Å²) in [6, 6.07) is 4.34. The normalized spacial score (nSPS) is 11.2. The molecular formula is C12H9ClFN5O. The monoisotopic (exact) mass is 293 g/mol. The number of fused-ring (bicyclic) bond motifs is 1. The third-order valence-electron chi connectivity index (χ3n) is 2.99. The Labute approximate surface area is 117 Å². The topological polar surface area (TPSA) is 65.6 Å². The molecule has 0 saturated carbocycles. The molecule has 0 atom stereocenters. The van der Waals surface area contributed by atoms with Crippen molar-refractivity contribution >= 4 is 22.6 Å². The quantitative estimate of drug-likeness (QED) is 0.716. The van der Waals surface area contributed by atoms with Gasteiger partial charge in [-0.1, -0.05) is 22.9 Å². The molecule has 102 valence electrons. The van der Waals surface area contributed by atoms with Gasteiger partial charge in [-0.15, -0.1) is 5.10 Å². The van der Waals surface area contributed by atoms with Gasteiger partial charge in [0.15, 0.2) is 5.65 Å². The fourth-order valence-electron chi connectivity index (χ4n) is 1.91. The lowest BCUT2D eigenvalue weighted by Gasteiger charge is -2.06. The van der Waals surface area contributed by atoms with Gasteiger partial charge < -0.3 is 0 Å². The van der Waals surface area contributed by atoms with E-state index in [1.807, 2.05) is 0 Å². The van der Waals surface area contributed by atoms with E-state index in [2.05, 4.69) is 15.4 Å². The zero-order valence-corrected chi connectivity index (χ0v) is 11.2. The molecule has 8 heteroatoms. The number of halogens is 2. The van der Waals surface area contributed by atoms with Gasteiger partial charge >= 0.3 is 0 Å². The van der Waals surface area contributed by atoms with Gasteiger partial charge in [-0.3, -0.25) is 4.79 Å². The fraction of sp³-hybridized carbons (Fsp3) is 0.167. The molecule has 1 aromatic carbocycles. The van der Waals surface area contributed by atoms with Crippen molar-refractivity contribution in [3.63, 3.8) is 0 Å². The largest absolute Gasteiger partial charge is 0.281 e. The number of hydrogen-bond donors (Lipinski definition) is 0. The Balaban J connectivity index is 2.12. The molecule has 0 spiro atoms. The first-order valence-corrected chi connectivity index (χ1v) is 6.14. The van der Waals surface area contributed by atoms with E-state index in [1.54, 1.807) is 13.1 Å². The van der Waals surface area contributed by atoms with E-state index in [-0.39, 0.29) is 22.7 Å². The van der Waals surface area contributed by atoms with Crippen LogP contribution in [-0.2, 0) is 13.6 Å². The summed E-state index contributed by atoms with van der Waals surface area (Å²) in [5.41, 5.74) is 0.196. The zero-order valence-electron chi connectivity index (χ0n) is 10.4. The van der Waals surface area contributed by atoms with Gasteiger partial charge in [-0.05, 0) is 12.1 Å². The molecular weight excluding hydrogens is 285 g/mol. The van der Waals surface area contributed by atoms with Crippen molar-refractivity contribution in [3.8, 4) is 0 Å². The Kier molecular flexibility index (Phi) is 2.98. The standard InChI is InChI=1S/C12H9ClFN5O/c1-18-11-7(5-15-18)12(20)19(17-16-11)6-8-9(13)3-2-4-10(8)14/h2-5H,6H2,1H3. The van der Waals surface area contributed by atoms with Crippen molar-refractivity contribution in [3.05, 3.63) is 51.2 Å². The number of rotatable bonds is 2. The van der Waals surface area contributed by atoms with Crippen molar-refractivity contribution in [2.75, 3.05) is 0 Å². The number of aryl methyl sites for hydroxylation is 1. The average Bonchev–Trinajstić information content (AvgIpc) is 2.79. The maximum absolute atomic E-state index is 13.7. The Bertz CT molecular complexity index is 836. The molecule has 6 nitrogen and oxygen atoms in total. The molecule has 20 heavy (non-hydrogen) atoms. The first kappa shape index (κ1) is 12.7. The van der Waals surface area contributed by atoms with E-state index in [1.165, 1.54) is 23.0 Å². The van der Waals surface area contributed by atoms with Crippen LogP contribution >= 0.6 is 11.6 Å². The van der Waals surface area contributed by atoms with Gasteiger partial charge in [0.05, 0.1) is 12.7 Å². The van der Waals surface area contributed by atoms with E-state index in [4.69, 9.17) is 11.6 Å². The van der Waals surface area contributed by atoms with E-state index in [9.17, 15) is 9.18 Å². The van der Waals surface area contributed by atoms with Crippen LogP contribution in [0.15, 0.2) is 29.2 Å². The first-order valence-electron chi connectivity index (χ1n) is 5.76. The smallest absolute Gasteiger partial charge is 0.267 e. The fourth-order valence-corrected chi connectivity index (χ4v) is 2.14. The summed E-state index contributed by atoms with van der Waals surface area (Å²) >= 11 is 5.93. The predicted octanol–water partition coefficient (Wildman–Crippen LogP) is 1.37. The Morgan fingerprint density at radius 2 is 2.20 bits per heavy atom. The van der Waals surface area contributed by atoms with Crippen LogP contribution in [0.2, 0.25) is 5.02 Å². The molecule has 0 saturated heterocycles. The molecule has 0 N–H and O–H groups in total. The van der Waals surface area contributed by atoms with Crippen molar-refractivity contribution in [2.45, 2.75) is 6.54 Å². The highest BCUT2D eigenvalue weighted by atomic mass is 35.5. The summed E-state index contributed by atoms with van der Waals surface area (Å²) in [5.74, 6) is -0.488. The summed E-state index contributed by atoms with van der Waals surface area (Å²) in [4.78, 5) is 12.2. The summed E-state index contributed by atoms with van der Waals surface area (Å²) in [7, 11) is 1.66. The van der Waals surface area contributed by atoms with Crippen molar-refractivity contribution in [1.29, 1.82) is 0 Å². The molecule has 0 aliphatic heterocycles. The summed E-state index contributed by atoms with van der Waals surface area (Å²) in [5, 5.41) is 12.2. The second kappa shape index (κ2) is 4.68. The summed E-state index contributed by atoms with van der Waals surface area (Å²) in [6.07, 6.45) is 1.41. The first-order chi connectivity index (χ1) is 9.58. The lowest BCUT2D eigenvalue weighted by atomic mass is 10.2. The van der Waals surface area contributed by atoms with Gasteiger partial charge in [0, 0.05) is 17.6 Å². The summed E-state index contributed by atoms with van der Waals surface area (Å²) in [6.45, 7) is -0.0812. The minimum absolute atomic E-state index is 0.0812. The number of benzene rings is 1. The van der Waals surface area contributed by atoms with Crippen LogP contribution in [0.3, 0.4) is 0 Å². The van der Waals surface area contributed by atoms with Crippen LogP contribution < -0.4 is 5.56 Å². The second-order valence-electron chi connectivity index (χ2n) is 4.26. The highest BCUT2D eigenvalue weighted by Gasteiger charge is 2.13. The molecule has 3 rings (SSSR count). The van der Waals surface area contributed by atoms with Crippen LogP contribution in [0.1, 0.15) is 5.56 Å². The maximum Gasteiger partial charge on any atom is 0.281 e. The Morgan fingerprint density at radius 1 is 1.40 bits per heavy atom. The van der Waals surface area contributed by atoms with Gasteiger partial charge in [-0.25, -0.2) is 13.8 Å². The summed E-state index contributed by atoms with van der Waals surface area (Å²) < 4.78 is 16.2. The molecule has 0 radical (unpaired) electrons. The van der Waals surface area contributed by atoms with Crippen LogP contribution in [0.4, 0.5) is 4.39 Å². The maximum atomic E-state index is 13.7. The molecule has 0 aliphatic carbocycles. The second-order valence-corrected chi connectivity index (χ2v) is 4.67. The van der Waals surface area contributed by atoms with Crippen LogP contribution in [0.25, 0.3) is 11.0 Å². The Hall–Kier alpha value is -2.28. The number of aromatic nitrogens is 5. The molecule has 2 aromatic heterocycles. The highest BCUT2D eigenvalue weighted by molar-refractivity contribution is 6.31. The third kappa shape index (κ3) is 1.96. The van der Waals surface area contributed by atoms with Crippen molar-refractivity contribution in [2.24, 2.45) is 7.05 Å². The van der Waals surface area contributed by atoms with Crippen molar-refractivity contribution < 1.29 is 4.39 Å². The molecule has 0 fully saturated rings. The number of nitrogens with zero attached hydrogens (tertiary/aromatic N) is 5. The third-order valence-corrected chi connectivity index (χ3v) is 3.34. The van der Waals surface area contributed by atoms with E-state index in [0.717, 1.165) is 4.68 Å². The van der Waals surface area contributed by atoms with Gasteiger partial charge in [0.25, 0.3) is 5.56 Å². The van der Waals surface area contributed by atoms with Gasteiger partial charge in [-0.2, -0.15) is 5.10 Å². The lowest BCUT2D eigenvalue weighted by Crippen LogP contribution is -2.25. The zero-order chi connectivity index (χ0) is 14.3. The van der Waals surface area contributed by atoms with Gasteiger partial charge in [0.1, 0.15) is 11.2 Å². The highest BCUT2D eigenvalue weighted by Crippen LogP contribution is 2.19. The number of hydrogen-bond acceptors (Lipinski definition) is 4. The van der Waals surface area contributed by atoms with E-state index in [0.29, 0.717) is 11.0 Å². The molecule has 0 amide bonds. The minimum Gasteiger partial charge on any atom is -0.267 e. The molecule has 0 bridgehead atoms. The van der Waals surface area contributed by atoms with Crippen LogP contribution in [-0.4, -0.2) is 24.8 Å². The SMILES string of the molecule is Cn1ncc2c(=O)n(Cc3c(F)cccc3Cl)nnc21. The van der Waals surface area contributed by atoms with E-state index < -0.39 is 5.82 Å². The molecule has 0 unspecified atom stereocenters. The molecule has 3 aromatic rings. The molecule has 0 aliphatic rings. The van der Waals surface area contributed by atoms with Gasteiger partial charge in [0.2, 0.25) is 0 Å². The average molecular weight is 294 g/mol. The molecule has 2 heterocycles. The van der Waals surface area contributed by atoms with Crippen LogP contribution in [0.5, 0.6) is 0 Å².